The molecule has 0 unspecified atom stereocenters. The highest BCUT2D eigenvalue weighted by Crippen LogP contribution is 2.28. The summed E-state index contributed by atoms with van der Waals surface area (Å²) in [5.41, 5.74) is 1.39. The number of anilines is 1. The van der Waals surface area contributed by atoms with Crippen molar-refractivity contribution in [3.8, 4) is 0 Å². The van der Waals surface area contributed by atoms with Crippen molar-refractivity contribution < 1.29 is 13.2 Å². The number of likely N-dealkylation sites (tertiary alicyclic amines) is 1. The van der Waals surface area contributed by atoms with E-state index in [9.17, 15) is 13.2 Å². The molecule has 1 fully saturated rings. The maximum absolute atomic E-state index is 13.2. The van der Waals surface area contributed by atoms with Crippen molar-refractivity contribution >= 4 is 49.1 Å². The van der Waals surface area contributed by atoms with Crippen molar-refractivity contribution in [1.82, 2.24) is 9.88 Å². The number of sulfonamides is 1. The van der Waals surface area contributed by atoms with Crippen LogP contribution in [0.3, 0.4) is 0 Å². The molecule has 1 aliphatic heterocycles. The summed E-state index contributed by atoms with van der Waals surface area (Å²) in [6, 6.07) is 19.6. The third-order valence-corrected chi connectivity index (χ3v) is 7.11. The monoisotopic (exact) mass is 458 g/mol. The third-order valence-electron chi connectivity index (χ3n) is 5.81. The molecular weight excluding hydrogens is 436 g/mol. The zero-order valence-corrected chi connectivity index (χ0v) is 18.8. The van der Waals surface area contributed by atoms with Crippen LogP contribution in [0.15, 0.2) is 82.2 Å². The molecule has 0 aliphatic carbocycles. The number of amides is 1. The molecule has 0 bridgehead atoms. The first-order chi connectivity index (χ1) is 15.9. The van der Waals surface area contributed by atoms with Gasteiger partial charge in [0.1, 0.15) is 5.84 Å². The van der Waals surface area contributed by atoms with E-state index in [2.05, 4.69) is 14.7 Å². The lowest BCUT2D eigenvalue weighted by atomic mass is 10.0. The van der Waals surface area contributed by atoms with Gasteiger partial charge in [-0.05, 0) is 47.5 Å². The predicted molar refractivity (Wildman–Crippen MR) is 130 cm³/mol. The Balaban J connectivity index is 1.49. The fourth-order valence-corrected chi connectivity index (χ4v) is 5.28. The molecule has 33 heavy (non-hydrogen) atoms. The second-order valence-corrected chi connectivity index (χ2v) is 9.64. The van der Waals surface area contributed by atoms with Crippen LogP contribution in [0.25, 0.3) is 21.7 Å². The Morgan fingerprint density at radius 2 is 1.85 bits per heavy atom. The standard InChI is InChI=1S/C25H22N4O3S/c1-29-14-6-12-23(29)28-33(31,32)19-9-4-8-18(16-19)27-25(30)22-15-17-7-2-3-10-20(17)21-11-5-13-26-24(21)22/h2-5,7-11,13,15-16H,6,12,14H2,1H3,(H,27,30)/b28-23+. The molecule has 1 aromatic heterocycles. The molecule has 3 aromatic carbocycles. The second kappa shape index (κ2) is 8.29. The molecular formula is C25H22N4O3S. The van der Waals surface area contributed by atoms with Crippen LogP contribution >= 0.6 is 0 Å². The number of fused-ring (bicyclic) bond motifs is 3. The average Bonchev–Trinajstić information content (AvgIpc) is 3.22. The first-order valence-corrected chi connectivity index (χ1v) is 12.1. The molecule has 5 rings (SSSR count). The molecule has 0 spiro atoms. The van der Waals surface area contributed by atoms with Gasteiger partial charge in [0, 0.05) is 37.3 Å². The molecule has 1 aliphatic rings. The second-order valence-electron chi connectivity index (χ2n) is 8.03. The van der Waals surface area contributed by atoms with Gasteiger partial charge in [0.25, 0.3) is 15.9 Å². The van der Waals surface area contributed by atoms with Crippen LogP contribution in [0.5, 0.6) is 0 Å². The number of rotatable bonds is 4. The minimum absolute atomic E-state index is 0.0367. The number of benzene rings is 3. The van der Waals surface area contributed by atoms with E-state index in [0.29, 0.717) is 29.0 Å². The summed E-state index contributed by atoms with van der Waals surface area (Å²) in [5.74, 6) is 0.194. The highest BCUT2D eigenvalue weighted by Gasteiger charge is 2.21. The minimum atomic E-state index is -3.88. The first kappa shape index (κ1) is 21.1. The van der Waals surface area contributed by atoms with E-state index >= 15 is 0 Å². The van der Waals surface area contributed by atoms with Crippen molar-refractivity contribution in [3.63, 3.8) is 0 Å². The Hall–Kier alpha value is -3.78. The van der Waals surface area contributed by atoms with Gasteiger partial charge < -0.3 is 10.2 Å². The molecule has 166 valence electrons. The van der Waals surface area contributed by atoms with Crippen LogP contribution in [-0.2, 0) is 10.0 Å². The SMILES string of the molecule is CN1CCC/C1=N\S(=O)(=O)c1cccc(NC(=O)c2cc3ccccc3c3cccnc23)c1. The lowest BCUT2D eigenvalue weighted by molar-refractivity contribution is 0.102. The van der Waals surface area contributed by atoms with Gasteiger partial charge in [-0.15, -0.1) is 4.40 Å². The van der Waals surface area contributed by atoms with Crippen LogP contribution in [-0.4, -0.2) is 43.6 Å². The van der Waals surface area contributed by atoms with E-state index in [1.807, 2.05) is 54.4 Å². The maximum Gasteiger partial charge on any atom is 0.284 e. The van der Waals surface area contributed by atoms with Gasteiger partial charge in [0.15, 0.2) is 0 Å². The number of hydrogen-bond acceptors (Lipinski definition) is 4. The highest BCUT2D eigenvalue weighted by molar-refractivity contribution is 7.90. The van der Waals surface area contributed by atoms with Gasteiger partial charge in [0.05, 0.1) is 16.0 Å². The van der Waals surface area contributed by atoms with Crippen LogP contribution < -0.4 is 5.32 Å². The minimum Gasteiger partial charge on any atom is -0.362 e. The van der Waals surface area contributed by atoms with E-state index in [4.69, 9.17) is 0 Å². The van der Waals surface area contributed by atoms with Crippen molar-refractivity contribution in [2.45, 2.75) is 17.7 Å². The third kappa shape index (κ3) is 4.05. The molecule has 4 aromatic rings. The van der Waals surface area contributed by atoms with Crippen LogP contribution in [0.2, 0.25) is 0 Å². The average molecular weight is 459 g/mol. The van der Waals surface area contributed by atoms with E-state index < -0.39 is 10.0 Å². The van der Waals surface area contributed by atoms with E-state index in [1.54, 1.807) is 18.3 Å². The quantitative estimate of drug-likeness (QED) is 0.456. The summed E-state index contributed by atoms with van der Waals surface area (Å²) in [7, 11) is -2.05. The van der Waals surface area contributed by atoms with Crippen molar-refractivity contribution in [2.75, 3.05) is 18.9 Å². The Kier molecular flexibility index (Phi) is 5.30. The van der Waals surface area contributed by atoms with E-state index in [1.165, 1.54) is 12.1 Å². The molecule has 0 saturated carbocycles. The number of nitrogens with one attached hydrogen (secondary N) is 1. The van der Waals surface area contributed by atoms with E-state index in [0.717, 1.165) is 29.1 Å². The lowest BCUT2D eigenvalue weighted by Gasteiger charge is -2.12. The van der Waals surface area contributed by atoms with Gasteiger partial charge in [-0.2, -0.15) is 8.42 Å². The molecule has 2 heterocycles. The molecule has 8 heteroatoms. The number of nitrogens with zero attached hydrogens (tertiary/aromatic N) is 3. The number of aromatic nitrogens is 1. The summed E-state index contributed by atoms with van der Waals surface area (Å²) in [6.07, 6.45) is 3.17. The smallest absolute Gasteiger partial charge is 0.284 e. The Labute approximate surface area is 191 Å². The lowest BCUT2D eigenvalue weighted by Crippen LogP contribution is -2.20. The van der Waals surface area contributed by atoms with Crippen LogP contribution in [0.1, 0.15) is 23.2 Å². The van der Waals surface area contributed by atoms with Crippen LogP contribution in [0.4, 0.5) is 5.69 Å². The van der Waals surface area contributed by atoms with Gasteiger partial charge in [-0.3, -0.25) is 9.78 Å². The van der Waals surface area contributed by atoms with Gasteiger partial charge in [0.2, 0.25) is 0 Å². The number of carbonyl (C=O) groups excluding carboxylic acids is 1. The Morgan fingerprint density at radius 1 is 1.03 bits per heavy atom. The molecule has 1 saturated heterocycles. The number of amidine groups is 1. The molecule has 7 nitrogen and oxygen atoms in total. The zero-order valence-electron chi connectivity index (χ0n) is 18.0. The summed E-state index contributed by atoms with van der Waals surface area (Å²) in [4.78, 5) is 19.5. The fourth-order valence-electron chi connectivity index (χ4n) is 4.14. The van der Waals surface area contributed by atoms with Crippen molar-refractivity contribution in [3.05, 3.63) is 78.5 Å². The summed E-state index contributed by atoms with van der Waals surface area (Å²) < 4.78 is 29.7. The first-order valence-electron chi connectivity index (χ1n) is 10.7. The predicted octanol–water partition coefficient (Wildman–Crippen LogP) is 4.45. The number of hydrogen-bond donors (Lipinski definition) is 1. The normalized spacial score (nSPS) is 15.4. The van der Waals surface area contributed by atoms with Crippen LogP contribution in [0, 0.1) is 0 Å². The topological polar surface area (TPSA) is 91.7 Å². The maximum atomic E-state index is 13.2. The van der Waals surface area contributed by atoms with E-state index in [-0.39, 0.29) is 10.8 Å². The van der Waals surface area contributed by atoms with Gasteiger partial charge >= 0.3 is 0 Å². The van der Waals surface area contributed by atoms with Gasteiger partial charge in [-0.1, -0.05) is 36.4 Å². The Bertz CT molecular complexity index is 1530. The van der Waals surface area contributed by atoms with Crippen molar-refractivity contribution in [2.24, 2.45) is 4.40 Å². The molecule has 1 N–H and O–H groups in total. The fraction of sp³-hybridized carbons (Fsp3) is 0.160. The zero-order chi connectivity index (χ0) is 23.0. The largest absolute Gasteiger partial charge is 0.362 e. The molecule has 0 radical (unpaired) electrons. The summed E-state index contributed by atoms with van der Waals surface area (Å²) in [5, 5.41) is 5.65. The molecule has 0 atom stereocenters. The Morgan fingerprint density at radius 3 is 2.67 bits per heavy atom. The number of pyridine rings is 1. The summed E-state index contributed by atoms with van der Waals surface area (Å²) >= 11 is 0. The number of carbonyl (C=O) groups is 1. The van der Waals surface area contributed by atoms with Crippen molar-refractivity contribution in [1.29, 1.82) is 0 Å². The highest BCUT2D eigenvalue weighted by atomic mass is 32.2. The molecule has 1 amide bonds. The summed E-state index contributed by atoms with van der Waals surface area (Å²) in [6.45, 7) is 0.790. The van der Waals surface area contributed by atoms with Gasteiger partial charge in [-0.25, -0.2) is 0 Å².